The van der Waals surface area contributed by atoms with Crippen molar-refractivity contribution in [1.29, 1.82) is 0 Å². The van der Waals surface area contributed by atoms with E-state index in [1.54, 1.807) is 68.4 Å². The van der Waals surface area contributed by atoms with Crippen molar-refractivity contribution in [2.45, 2.75) is 19.4 Å². The zero-order valence-corrected chi connectivity index (χ0v) is 14.4. The van der Waals surface area contributed by atoms with Gasteiger partial charge in [-0.1, -0.05) is 41.9 Å². The molecule has 6 nitrogen and oxygen atoms in total. The molecule has 0 bridgehead atoms. The minimum atomic E-state index is -1.25. The third-order valence-corrected chi connectivity index (χ3v) is 4.33. The molecule has 0 aliphatic carbocycles. The monoisotopic (exact) mass is 357 g/mol. The van der Waals surface area contributed by atoms with Crippen LogP contribution in [0, 0.1) is 0 Å². The summed E-state index contributed by atoms with van der Waals surface area (Å²) in [6, 6.07) is 14.4. The molecule has 0 spiro atoms. The lowest BCUT2D eigenvalue weighted by Gasteiger charge is -2.27. The highest BCUT2D eigenvalue weighted by molar-refractivity contribution is 6.36. The van der Waals surface area contributed by atoms with Crippen LogP contribution in [0.1, 0.15) is 24.2 Å². The van der Waals surface area contributed by atoms with Gasteiger partial charge in [0.1, 0.15) is 5.54 Å². The quantitative estimate of drug-likeness (QED) is 0.857. The second kappa shape index (κ2) is 6.22. The van der Waals surface area contributed by atoms with Crippen molar-refractivity contribution >= 4 is 35.1 Å². The van der Waals surface area contributed by atoms with Crippen molar-refractivity contribution in [2.75, 3.05) is 4.90 Å². The summed E-state index contributed by atoms with van der Waals surface area (Å²) in [5.74, 6) is -0.949. The average molecular weight is 358 g/mol. The van der Waals surface area contributed by atoms with E-state index in [1.807, 2.05) is 0 Å². The fourth-order valence-electron chi connectivity index (χ4n) is 2.58. The third-order valence-electron chi connectivity index (χ3n) is 4.01. The van der Waals surface area contributed by atoms with Crippen molar-refractivity contribution in [3.8, 4) is 0 Å². The zero-order chi connectivity index (χ0) is 18.2. The highest BCUT2D eigenvalue weighted by Gasteiger charge is 2.53. The van der Waals surface area contributed by atoms with Gasteiger partial charge >= 0.3 is 6.03 Å². The number of hydrogen-bond donors (Lipinski definition) is 1. The lowest BCUT2D eigenvalue weighted by molar-refractivity contribution is -0.124. The van der Waals surface area contributed by atoms with Gasteiger partial charge in [0.05, 0.1) is 10.7 Å². The molecule has 128 valence electrons. The van der Waals surface area contributed by atoms with Crippen molar-refractivity contribution < 1.29 is 14.4 Å². The van der Waals surface area contributed by atoms with Gasteiger partial charge in [0, 0.05) is 5.56 Å². The van der Waals surface area contributed by atoms with Gasteiger partial charge in [0.2, 0.25) is 0 Å². The maximum Gasteiger partial charge on any atom is 0.351 e. The van der Waals surface area contributed by atoms with Gasteiger partial charge in [0.25, 0.3) is 11.8 Å². The van der Waals surface area contributed by atoms with Gasteiger partial charge in [-0.2, -0.15) is 0 Å². The summed E-state index contributed by atoms with van der Waals surface area (Å²) in [4.78, 5) is 39.0. The number of rotatable bonds is 3. The van der Waals surface area contributed by atoms with Crippen LogP contribution in [0.3, 0.4) is 0 Å². The number of imide groups is 1. The van der Waals surface area contributed by atoms with Crippen molar-refractivity contribution in [3.63, 3.8) is 0 Å². The van der Waals surface area contributed by atoms with Crippen LogP contribution in [0.15, 0.2) is 54.6 Å². The predicted octanol–water partition coefficient (Wildman–Crippen LogP) is 3.23. The van der Waals surface area contributed by atoms with Crippen molar-refractivity contribution in [3.05, 3.63) is 65.2 Å². The van der Waals surface area contributed by atoms with Crippen molar-refractivity contribution in [1.82, 2.24) is 10.4 Å². The number of nitrogens with zero attached hydrogens (tertiary/aromatic N) is 2. The number of halogens is 1. The lowest BCUT2D eigenvalue weighted by atomic mass is 10.1. The second-order valence-electron chi connectivity index (χ2n) is 6.08. The number of hydrazine groups is 1. The Morgan fingerprint density at radius 2 is 1.60 bits per heavy atom. The summed E-state index contributed by atoms with van der Waals surface area (Å²) in [6.45, 7) is 3.13. The first-order valence-corrected chi connectivity index (χ1v) is 8.01. The largest absolute Gasteiger partial charge is 0.351 e. The summed E-state index contributed by atoms with van der Waals surface area (Å²) in [7, 11) is 0. The normalized spacial score (nSPS) is 16.3. The fourth-order valence-corrected chi connectivity index (χ4v) is 2.80. The minimum Gasteiger partial charge on any atom is -0.271 e. The number of benzene rings is 2. The van der Waals surface area contributed by atoms with Gasteiger partial charge in [0.15, 0.2) is 0 Å². The number of hydrogen-bond acceptors (Lipinski definition) is 3. The molecule has 1 N–H and O–H groups in total. The molecule has 1 saturated heterocycles. The average Bonchev–Trinajstić information content (AvgIpc) is 2.76. The van der Waals surface area contributed by atoms with E-state index in [0.29, 0.717) is 5.56 Å². The lowest BCUT2D eigenvalue weighted by Crippen LogP contribution is -2.54. The molecule has 3 rings (SSSR count). The fraction of sp³-hybridized carbons (Fsp3) is 0.167. The first kappa shape index (κ1) is 17.0. The van der Waals surface area contributed by atoms with E-state index in [2.05, 4.69) is 5.43 Å². The maximum atomic E-state index is 12.8. The molecule has 1 aliphatic heterocycles. The summed E-state index contributed by atoms with van der Waals surface area (Å²) in [6.07, 6.45) is 0. The van der Waals surface area contributed by atoms with Crippen molar-refractivity contribution in [2.24, 2.45) is 0 Å². The van der Waals surface area contributed by atoms with Crippen LogP contribution >= 0.6 is 11.6 Å². The Balaban J connectivity index is 1.93. The molecule has 0 saturated carbocycles. The molecule has 0 radical (unpaired) electrons. The zero-order valence-electron chi connectivity index (χ0n) is 13.7. The number of nitrogens with one attached hydrogen (secondary N) is 1. The van der Waals surface area contributed by atoms with Crippen LogP contribution in [-0.4, -0.2) is 28.4 Å². The Labute approximate surface area is 149 Å². The van der Waals surface area contributed by atoms with E-state index in [1.165, 1.54) is 0 Å². The highest BCUT2D eigenvalue weighted by atomic mass is 35.5. The van der Waals surface area contributed by atoms with Crippen LogP contribution < -0.4 is 10.3 Å². The highest BCUT2D eigenvalue weighted by Crippen LogP contribution is 2.34. The molecular weight excluding hydrogens is 342 g/mol. The molecule has 7 heteroatoms. The SMILES string of the molecule is CC1(C)C(=O)N(c2ccccc2Cl)C(=O)N1NC(=O)c1ccccc1. The minimum absolute atomic E-state index is 0.274. The molecule has 0 aromatic heterocycles. The Bertz CT molecular complexity index is 852. The van der Waals surface area contributed by atoms with Gasteiger partial charge in [-0.25, -0.2) is 14.7 Å². The summed E-state index contributed by atoms with van der Waals surface area (Å²) in [5.41, 5.74) is 1.94. The van der Waals surface area contributed by atoms with Crippen LogP contribution in [0.5, 0.6) is 0 Å². The first-order valence-electron chi connectivity index (χ1n) is 7.63. The van der Waals surface area contributed by atoms with Crippen LogP contribution in [0.25, 0.3) is 0 Å². The van der Waals surface area contributed by atoms with E-state index in [-0.39, 0.29) is 10.7 Å². The topological polar surface area (TPSA) is 69.7 Å². The summed E-state index contributed by atoms with van der Waals surface area (Å²) in [5, 5.41) is 1.31. The van der Waals surface area contributed by atoms with E-state index >= 15 is 0 Å². The van der Waals surface area contributed by atoms with Gasteiger partial charge in [-0.3, -0.25) is 15.0 Å². The Hall–Kier alpha value is -2.86. The predicted molar refractivity (Wildman–Crippen MR) is 94.2 cm³/mol. The molecule has 0 atom stereocenters. The summed E-state index contributed by atoms with van der Waals surface area (Å²) < 4.78 is 0. The van der Waals surface area contributed by atoms with E-state index in [4.69, 9.17) is 11.6 Å². The first-order chi connectivity index (χ1) is 11.8. The van der Waals surface area contributed by atoms with Gasteiger partial charge in [-0.15, -0.1) is 0 Å². The van der Waals surface area contributed by atoms with E-state index in [9.17, 15) is 14.4 Å². The van der Waals surface area contributed by atoms with E-state index < -0.39 is 23.4 Å². The molecule has 1 heterocycles. The molecule has 2 aromatic carbocycles. The number of para-hydroxylation sites is 1. The third kappa shape index (κ3) is 2.85. The number of anilines is 1. The molecule has 1 aliphatic rings. The van der Waals surface area contributed by atoms with E-state index in [0.717, 1.165) is 9.91 Å². The number of amides is 4. The number of carbonyl (C=O) groups is 3. The van der Waals surface area contributed by atoms with Gasteiger partial charge < -0.3 is 0 Å². The second-order valence-corrected chi connectivity index (χ2v) is 6.48. The molecule has 2 aromatic rings. The Morgan fingerprint density at radius 3 is 2.24 bits per heavy atom. The molecule has 25 heavy (non-hydrogen) atoms. The number of carbonyl (C=O) groups excluding carboxylic acids is 3. The smallest absolute Gasteiger partial charge is 0.271 e. The Morgan fingerprint density at radius 1 is 1.00 bits per heavy atom. The maximum absolute atomic E-state index is 12.8. The standard InChI is InChI=1S/C18H16ClN3O3/c1-18(2)16(24)21(14-11-7-6-10-13(14)19)17(25)22(18)20-15(23)12-8-4-3-5-9-12/h3-11H,1-2H3,(H,20,23). The molecule has 4 amide bonds. The molecular formula is C18H16ClN3O3. The molecule has 1 fully saturated rings. The summed E-state index contributed by atoms with van der Waals surface area (Å²) >= 11 is 6.13. The van der Waals surface area contributed by atoms with Crippen LogP contribution in [0.2, 0.25) is 5.02 Å². The van der Waals surface area contributed by atoms with Crippen LogP contribution in [0.4, 0.5) is 10.5 Å². The number of urea groups is 1. The van der Waals surface area contributed by atoms with Gasteiger partial charge in [-0.05, 0) is 38.1 Å². The molecule has 0 unspecified atom stereocenters. The van der Waals surface area contributed by atoms with Crippen LogP contribution in [-0.2, 0) is 4.79 Å². The Kier molecular flexibility index (Phi) is 4.22.